The normalized spacial score (nSPS) is 11.9. The average Bonchev–Trinajstić information content (AvgIpc) is 3.61. The predicted octanol–water partition coefficient (Wildman–Crippen LogP) is 13.1. The Morgan fingerprint density at radius 2 is 0.864 bits per heavy atom. The first-order chi connectivity index (χ1) is 21.7. The van der Waals surface area contributed by atoms with E-state index in [2.05, 4.69) is 111 Å². The highest BCUT2D eigenvalue weighted by Gasteiger charge is 2.19. The van der Waals surface area contributed by atoms with Crippen molar-refractivity contribution in [2.24, 2.45) is 0 Å². The van der Waals surface area contributed by atoms with Crippen molar-refractivity contribution in [3.63, 3.8) is 0 Å². The van der Waals surface area contributed by atoms with Crippen LogP contribution < -0.4 is 0 Å². The quantitative estimate of drug-likeness (QED) is 0.135. The van der Waals surface area contributed by atoms with Gasteiger partial charge < -0.3 is 8.83 Å². The van der Waals surface area contributed by atoms with E-state index in [1.54, 1.807) is 0 Å². The molecule has 0 atom stereocenters. The van der Waals surface area contributed by atoms with Gasteiger partial charge in [0.15, 0.2) is 0 Å². The molecule has 0 radical (unpaired) electrons. The standard InChI is InChI=1S/C42H42O2/c1-3-5-7-11-17-29-23-33(31-19-13-9-14-20-31)41-37(25-29)35-27-40-36(28-39(35)43-41)38-26-30(18-12-8-6-4-2)24-34(42(38)44-40)32-21-15-10-16-22-32/h9-10,13-16,19-28H,3-8,11-12,17-18H2,1-2H3. The molecule has 0 aliphatic rings. The monoisotopic (exact) mass is 578 g/mol. The van der Waals surface area contributed by atoms with E-state index in [1.165, 1.54) is 95.5 Å². The molecule has 0 saturated carbocycles. The van der Waals surface area contributed by atoms with Gasteiger partial charge in [-0.1, -0.05) is 113 Å². The van der Waals surface area contributed by atoms with Gasteiger partial charge in [-0.3, -0.25) is 0 Å². The summed E-state index contributed by atoms with van der Waals surface area (Å²) in [4.78, 5) is 0. The van der Waals surface area contributed by atoms with Crippen LogP contribution >= 0.6 is 0 Å². The van der Waals surface area contributed by atoms with E-state index in [1.807, 2.05) is 0 Å². The van der Waals surface area contributed by atoms with Crippen molar-refractivity contribution in [3.8, 4) is 22.3 Å². The molecule has 2 heterocycles. The molecule has 0 fully saturated rings. The lowest BCUT2D eigenvalue weighted by Crippen LogP contribution is -1.89. The second-order valence-electron chi connectivity index (χ2n) is 12.4. The summed E-state index contributed by atoms with van der Waals surface area (Å²) < 4.78 is 13.5. The molecule has 0 aliphatic heterocycles. The van der Waals surface area contributed by atoms with Gasteiger partial charge in [0.1, 0.15) is 22.3 Å². The highest BCUT2D eigenvalue weighted by Crippen LogP contribution is 2.43. The number of unbranched alkanes of at least 4 members (excludes halogenated alkanes) is 6. The Morgan fingerprint density at radius 3 is 1.27 bits per heavy atom. The van der Waals surface area contributed by atoms with Crippen molar-refractivity contribution in [1.29, 1.82) is 0 Å². The van der Waals surface area contributed by atoms with Crippen molar-refractivity contribution in [2.75, 3.05) is 0 Å². The maximum atomic E-state index is 6.76. The Hall–Kier alpha value is -4.30. The van der Waals surface area contributed by atoms with Crippen LogP contribution in [0.4, 0.5) is 0 Å². The van der Waals surface area contributed by atoms with Crippen LogP contribution in [0.2, 0.25) is 0 Å². The van der Waals surface area contributed by atoms with E-state index in [0.717, 1.165) is 45.9 Å². The van der Waals surface area contributed by atoms with E-state index >= 15 is 0 Å². The molecular formula is C42H42O2. The number of hydrogen-bond acceptors (Lipinski definition) is 2. The average molecular weight is 579 g/mol. The second kappa shape index (κ2) is 12.7. The highest BCUT2D eigenvalue weighted by molar-refractivity contribution is 6.18. The Balaban J connectivity index is 1.41. The molecule has 0 aliphatic carbocycles. The predicted molar refractivity (Wildman–Crippen MR) is 188 cm³/mol. The van der Waals surface area contributed by atoms with Gasteiger partial charge in [-0.2, -0.15) is 0 Å². The number of benzene rings is 5. The van der Waals surface area contributed by atoms with E-state index in [4.69, 9.17) is 8.83 Å². The summed E-state index contributed by atoms with van der Waals surface area (Å²) in [6.45, 7) is 4.54. The second-order valence-corrected chi connectivity index (χ2v) is 12.4. The number of aryl methyl sites for hydroxylation is 2. The summed E-state index contributed by atoms with van der Waals surface area (Å²) in [5.74, 6) is 0. The van der Waals surface area contributed by atoms with Crippen LogP contribution in [-0.4, -0.2) is 0 Å². The molecule has 44 heavy (non-hydrogen) atoms. The first-order valence-electron chi connectivity index (χ1n) is 16.7. The molecule has 0 N–H and O–H groups in total. The third kappa shape index (κ3) is 5.54. The minimum absolute atomic E-state index is 0.921. The molecule has 0 amide bonds. The summed E-state index contributed by atoms with van der Waals surface area (Å²) >= 11 is 0. The van der Waals surface area contributed by atoms with Gasteiger partial charge in [0.25, 0.3) is 0 Å². The molecule has 5 aromatic carbocycles. The van der Waals surface area contributed by atoms with Gasteiger partial charge >= 0.3 is 0 Å². The van der Waals surface area contributed by atoms with Crippen molar-refractivity contribution in [1.82, 2.24) is 0 Å². The largest absolute Gasteiger partial charge is 0.455 e. The minimum Gasteiger partial charge on any atom is -0.455 e. The number of fused-ring (bicyclic) bond motifs is 6. The van der Waals surface area contributed by atoms with Crippen molar-refractivity contribution < 1.29 is 8.83 Å². The van der Waals surface area contributed by atoms with Crippen molar-refractivity contribution in [2.45, 2.75) is 78.1 Å². The molecule has 7 rings (SSSR count). The lowest BCUT2D eigenvalue weighted by molar-refractivity contribution is 0.662. The maximum Gasteiger partial charge on any atom is 0.143 e. The zero-order chi connectivity index (χ0) is 29.9. The van der Waals surface area contributed by atoms with Crippen molar-refractivity contribution in [3.05, 3.63) is 108 Å². The van der Waals surface area contributed by atoms with Crippen LogP contribution in [0, 0.1) is 0 Å². The maximum absolute atomic E-state index is 6.76. The first kappa shape index (κ1) is 28.5. The highest BCUT2D eigenvalue weighted by atomic mass is 16.3. The summed E-state index contributed by atoms with van der Waals surface area (Å²) in [5.41, 5.74) is 11.2. The Bertz CT molecular complexity index is 1880. The first-order valence-corrected chi connectivity index (χ1v) is 16.7. The third-order valence-corrected chi connectivity index (χ3v) is 9.19. The molecule has 2 nitrogen and oxygen atoms in total. The van der Waals surface area contributed by atoms with Gasteiger partial charge in [-0.15, -0.1) is 0 Å². The number of hydrogen-bond donors (Lipinski definition) is 0. The SMILES string of the molecule is CCCCCCc1cc(-c2ccccc2)c2oc3cc4c(cc3c2c1)oc1c(-c2ccccc2)cc(CCCCCC)cc14. The van der Waals surface area contributed by atoms with Gasteiger partial charge in [0, 0.05) is 32.7 Å². The van der Waals surface area contributed by atoms with Crippen LogP contribution in [0.1, 0.15) is 76.3 Å². The Labute approximate surface area is 260 Å². The number of furan rings is 2. The zero-order valence-corrected chi connectivity index (χ0v) is 26.1. The topological polar surface area (TPSA) is 26.3 Å². The van der Waals surface area contributed by atoms with Crippen LogP contribution in [0.5, 0.6) is 0 Å². The summed E-state index contributed by atoms with van der Waals surface area (Å²) in [6.07, 6.45) is 12.2. The lowest BCUT2D eigenvalue weighted by Gasteiger charge is -2.08. The molecule has 0 spiro atoms. The van der Waals surface area contributed by atoms with Gasteiger partial charge in [0.05, 0.1) is 0 Å². The fourth-order valence-corrected chi connectivity index (χ4v) is 6.83. The molecule has 0 unspecified atom stereocenters. The van der Waals surface area contributed by atoms with Crippen LogP contribution in [0.15, 0.2) is 106 Å². The Morgan fingerprint density at radius 1 is 0.432 bits per heavy atom. The molecule has 0 saturated heterocycles. The zero-order valence-electron chi connectivity index (χ0n) is 26.1. The minimum atomic E-state index is 0.921. The van der Waals surface area contributed by atoms with Gasteiger partial charge in [-0.25, -0.2) is 0 Å². The number of rotatable bonds is 12. The molecular weight excluding hydrogens is 536 g/mol. The van der Waals surface area contributed by atoms with Gasteiger partial charge in [0.2, 0.25) is 0 Å². The Kier molecular flexibility index (Phi) is 8.24. The lowest BCUT2D eigenvalue weighted by atomic mass is 9.95. The fraction of sp³-hybridized carbons (Fsp3) is 0.286. The summed E-state index contributed by atoms with van der Waals surface area (Å²) in [6, 6.07) is 35.2. The van der Waals surface area contributed by atoms with Crippen LogP contribution in [0.25, 0.3) is 66.1 Å². The molecule has 2 aromatic heterocycles. The summed E-state index contributed by atoms with van der Waals surface area (Å²) in [7, 11) is 0. The fourth-order valence-electron chi connectivity index (χ4n) is 6.83. The molecule has 222 valence electrons. The smallest absolute Gasteiger partial charge is 0.143 e. The van der Waals surface area contributed by atoms with E-state index in [-0.39, 0.29) is 0 Å². The van der Waals surface area contributed by atoms with Crippen LogP contribution in [-0.2, 0) is 12.8 Å². The van der Waals surface area contributed by atoms with Crippen molar-refractivity contribution >= 4 is 43.9 Å². The van der Waals surface area contributed by atoms with Crippen LogP contribution in [0.3, 0.4) is 0 Å². The third-order valence-electron chi connectivity index (χ3n) is 9.19. The van der Waals surface area contributed by atoms with Gasteiger partial charge in [-0.05, 0) is 84.3 Å². The van der Waals surface area contributed by atoms with E-state index in [0.29, 0.717) is 0 Å². The summed E-state index contributed by atoms with van der Waals surface area (Å²) in [5, 5.41) is 4.60. The molecule has 7 aromatic rings. The van der Waals surface area contributed by atoms with E-state index in [9.17, 15) is 0 Å². The van der Waals surface area contributed by atoms with E-state index < -0.39 is 0 Å². The molecule has 0 bridgehead atoms. The molecule has 2 heteroatoms.